The molecule has 2 atom stereocenters. The Labute approximate surface area is 161 Å². The van der Waals surface area contributed by atoms with Crippen molar-refractivity contribution >= 4 is 24.8 Å². The highest BCUT2D eigenvalue weighted by molar-refractivity contribution is 7.72. The van der Waals surface area contributed by atoms with Crippen LogP contribution in [0.3, 0.4) is 0 Å². The molecule has 1 nitrogen and oxygen atoms in total. The Kier molecular flexibility index (Phi) is 9.86. The van der Waals surface area contributed by atoms with Crippen LogP contribution in [0.25, 0.3) is 0 Å². The van der Waals surface area contributed by atoms with Gasteiger partial charge < -0.3 is 5.73 Å². The van der Waals surface area contributed by atoms with Crippen molar-refractivity contribution in [2.75, 3.05) is 26.0 Å². The molecule has 1 aliphatic carbocycles. The van der Waals surface area contributed by atoms with Gasteiger partial charge in [-0.1, -0.05) is 48.8 Å². The Morgan fingerprint density at radius 2 is 2.00 bits per heavy atom. The van der Waals surface area contributed by atoms with Crippen LogP contribution in [0, 0.1) is 5.41 Å². The molecule has 1 rings (SSSR count). The topological polar surface area (TPSA) is 26.0 Å². The van der Waals surface area contributed by atoms with E-state index in [-0.39, 0.29) is 10.8 Å². The normalized spacial score (nSPS) is 23.2. The fourth-order valence-electron chi connectivity index (χ4n) is 3.45. The molecule has 0 amide bonds. The third kappa shape index (κ3) is 8.80. The van der Waals surface area contributed by atoms with Gasteiger partial charge in [0.15, 0.2) is 0 Å². The summed E-state index contributed by atoms with van der Waals surface area (Å²) in [6.07, 6.45) is 22.6. The van der Waals surface area contributed by atoms with Crippen molar-refractivity contribution < 1.29 is 0 Å². The number of alkyl halides is 1. The molecular formula is C22H39ClNP. The summed E-state index contributed by atoms with van der Waals surface area (Å²) >= 11 is 6.60. The molecule has 3 heteroatoms. The first-order valence-electron chi connectivity index (χ1n) is 9.77. The summed E-state index contributed by atoms with van der Waals surface area (Å²) in [6, 6.07) is 0. The summed E-state index contributed by atoms with van der Waals surface area (Å²) in [4.78, 5) is 0. The van der Waals surface area contributed by atoms with Crippen LogP contribution in [0.5, 0.6) is 0 Å². The van der Waals surface area contributed by atoms with E-state index in [0.29, 0.717) is 0 Å². The Balaban J connectivity index is 2.63. The zero-order valence-corrected chi connectivity index (χ0v) is 18.5. The quantitative estimate of drug-likeness (QED) is 0.200. The van der Waals surface area contributed by atoms with Crippen LogP contribution in [0.1, 0.15) is 58.8 Å². The first-order chi connectivity index (χ1) is 11.7. The smallest absolute Gasteiger partial charge is 0.0729 e. The van der Waals surface area contributed by atoms with Crippen LogP contribution >= 0.6 is 18.5 Å². The first kappa shape index (κ1) is 22.8. The molecule has 0 aromatic heterocycles. The van der Waals surface area contributed by atoms with Crippen LogP contribution in [-0.4, -0.2) is 37.7 Å². The van der Waals surface area contributed by atoms with E-state index in [4.69, 9.17) is 17.3 Å². The van der Waals surface area contributed by atoms with Gasteiger partial charge in [-0.25, -0.2) is 0 Å². The Morgan fingerprint density at radius 1 is 1.28 bits per heavy atom. The second-order valence-electron chi connectivity index (χ2n) is 8.40. The van der Waals surface area contributed by atoms with Gasteiger partial charge in [0.2, 0.25) is 0 Å². The lowest BCUT2D eigenvalue weighted by atomic mass is 9.75. The van der Waals surface area contributed by atoms with Crippen molar-refractivity contribution in [1.82, 2.24) is 0 Å². The number of halogens is 1. The molecule has 0 bridgehead atoms. The maximum absolute atomic E-state index is 6.60. The van der Waals surface area contributed by atoms with Crippen molar-refractivity contribution in [3.63, 3.8) is 0 Å². The van der Waals surface area contributed by atoms with E-state index in [2.05, 4.69) is 57.8 Å². The van der Waals surface area contributed by atoms with Crippen LogP contribution in [-0.2, 0) is 0 Å². The molecule has 0 aromatic rings. The van der Waals surface area contributed by atoms with Crippen molar-refractivity contribution in [3.05, 3.63) is 35.5 Å². The zero-order chi connectivity index (χ0) is 18.9. The molecular weight excluding hydrogens is 345 g/mol. The highest BCUT2D eigenvalue weighted by Crippen LogP contribution is 2.39. The Morgan fingerprint density at radius 3 is 2.60 bits per heavy atom. The van der Waals surface area contributed by atoms with E-state index in [1.54, 1.807) is 0 Å². The van der Waals surface area contributed by atoms with Gasteiger partial charge in [0.05, 0.1) is 5.38 Å². The summed E-state index contributed by atoms with van der Waals surface area (Å²) < 4.78 is 0. The van der Waals surface area contributed by atoms with Crippen molar-refractivity contribution in [2.24, 2.45) is 11.1 Å². The number of unbranched alkanes of at least 4 members (excludes halogenated alkanes) is 1. The third-order valence-electron chi connectivity index (χ3n) is 5.55. The molecule has 0 radical (unpaired) electrons. The van der Waals surface area contributed by atoms with E-state index in [1.807, 2.05) is 0 Å². The van der Waals surface area contributed by atoms with Crippen molar-refractivity contribution in [3.8, 4) is 0 Å². The molecule has 144 valence electrons. The van der Waals surface area contributed by atoms with Gasteiger partial charge in [-0.05, 0) is 76.9 Å². The third-order valence-corrected chi connectivity index (χ3v) is 7.50. The highest BCUT2D eigenvalue weighted by atomic mass is 35.5. The number of hydrogen-bond donors (Lipinski definition) is 1. The molecule has 1 unspecified atom stereocenters. The number of rotatable bonds is 10. The number of nitrogens with two attached hydrogens (primary N) is 1. The summed E-state index contributed by atoms with van der Waals surface area (Å²) in [5.41, 5.74) is 9.14. The van der Waals surface area contributed by atoms with Gasteiger partial charge in [-0.3, -0.25) is 0 Å². The van der Waals surface area contributed by atoms with E-state index >= 15 is 0 Å². The van der Waals surface area contributed by atoms with Gasteiger partial charge in [0, 0.05) is 0 Å². The van der Waals surface area contributed by atoms with Crippen LogP contribution in [0.15, 0.2) is 35.5 Å². The summed E-state index contributed by atoms with van der Waals surface area (Å²) in [5, 5.41) is 0.0211. The molecule has 0 aromatic carbocycles. The molecule has 0 fully saturated rings. The minimum absolute atomic E-state index is 0.0211. The van der Waals surface area contributed by atoms with E-state index in [1.165, 1.54) is 36.6 Å². The minimum atomic E-state index is -0.895. The van der Waals surface area contributed by atoms with Gasteiger partial charge >= 0.3 is 0 Å². The molecule has 0 heterocycles. The fourth-order valence-corrected chi connectivity index (χ4v) is 4.80. The maximum Gasteiger partial charge on any atom is 0.0729 e. The standard InChI is InChI=1S/C22H39ClNP/c1-6-22(18-24,15-7-8-17-25(3,4)5)16-14-20-11-9-10-19(2)12-13-21(20)23/h10-13,21H,3,6-9,14-18,24H2,1-2,4-5H3/b13-12?,19-10-,20-11?/t21?,22-/m0/s1. The van der Waals surface area contributed by atoms with Crippen LogP contribution < -0.4 is 5.73 Å². The van der Waals surface area contributed by atoms with Crippen molar-refractivity contribution in [1.29, 1.82) is 0 Å². The lowest BCUT2D eigenvalue weighted by Gasteiger charge is -2.33. The summed E-state index contributed by atoms with van der Waals surface area (Å²) in [7, 11) is 0. The second-order valence-corrected chi connectivity index (χ2v) is 13.2. The molecule has 1 aliphatic rings. The minimum Gasteiger partial charge on any atom is -0.330 e. The highest BCUT2D eigenvalue weighted by Gasteiger charge is 2.27. The summed E-state index contributed by atoms with van der Waals surface area (Å²) in [6.45, 7) is 8.96. The lowest BCUT2D eigenvalue weighted by molar-refractivity contribution is 0.232. The second kappa shape index (κ2) is 10.8. The zero-order valence-electron chi connectivity index (χ0n) is 16.9. The first-order valence-corrected chi connectivity index (χ1v) is 13.3. The predicted octanol–water partition coefficient (Wildman–Crippen LogP) is 6.44. The van der Waals surface area contributed by atoms with Crippen molar-refractivity contribution in [2.45, 2.75) is 64.2 Å². The fraction of sp³-hybridized carbons (Fsp3) is 0.682. The predicted molar refractivity (Wildman–Crippen MR) is 121 cm³/mol. The average Bonchev–Trinajstić information content (AvgIpc) is 2.55. The van der Waals surface area contributed by atoms with Gasteiger partial charge in [-0.15, -0.1) is 24.8 Å². The van der Waals surface area contributed by atoms with E-state index in [0.717, 1.165) is 32.2 Å². The molecule has 0 saturated heterocycles. The molecule has 25 heavy (non-hydrogen) atoms. The van der Waals surface area contributed by atoms with Crippen LogP contribution in [0.2, 0.25) is 0 Å². The molecule has 0 saturated carbocycles. The van der Waals surface area contributed by atoms with E-state index < -0.39 is 6.89 Å². The van der Waals surface area contributed by atoms with Crippen LogP contribution in [0.4, 0.5) is 0 Å². The lowest BCUT2D eigenvalue weighted by Crippen LogP contribution is -2.30. The molecule has 2 N–H and O–H groups in total. The Bertz CT molecular complexity index is 534. The molecule has 0 aliphatic heterocycles. The largest absolute Gasteiger partial charge is 0.330 e. The summed E-state index contributed by atoms with van der Waals surface area (Å²) in [5.74, 6) is 0. The average molecular weight is 384 g/mol. The number of hydrogen-bond acceptors (Lipinski definition) is 1. The maximum atomic E-state index is 6.60. The SMILES string of the molecule is C=P(C)(C)CCCC[C@](CC)(CN)CCC1=CC/C=C(/C)C=CC1Cl. The number of allylic oxidation sites excluding steroid dienone is 6. The van der Waals surface area contributed by atoms with Gasteiger partial charge in [0.25, 0.3) is 0 Å². The Hall–Kier alpha value is -0.230. The monoisotopic (exact) mass is 383 g/mol. The molecule has 0 spiro atoms. The van der Waals surface area contributed by atoms with Gasteiger partial charge in [-0.2, -0.15) is 0 Å². The van der Waals surface area contributed by atoms with E-state index in [9.17, 15) is 0 Å². The van der Waals surface area contributed by atoms with Gasteiger partial charge in [0.1, 0.15) is 0 Å².